The Kier molecular flexibility index (Phi) is 4.35. The molecule has 10 heteroatoms. The summed E-state index contributed by atoms with van der Waals surface area (Å²) in [5.41, 5.74) is 5.81. The van der Waals surface area contributed by atoms with Gasteiger partial charge in [0, 0.05) is 0 Å². The number of aliphatic hydroxyl groups is 2. The Labute approximate surface area is 143 Å². The molecule has 10 nitrogen and oxygen atoms in total. The average molecular weight is 351 g/mol. The van der Waals surface area contributed by atoms with E-state index >= 15 is 0 Å². The zero-order chi connectivity index (χ0) is 18.4. The normalized spacial score (nSPS) is 26.9. The maximum Gasteiger partial charge on any atom is 0.311 e. The monoisotopic (exact) mass is 351 g/mol. The van der Waals surface area contributed by atoms with Gasteiger partial charge in [0.1, 0.15) is 36.8 Å². The van der Waals surface area contributed by atoms with E-state index in [0.29, 0.717) is 11.2 Å². The molecule has 0 aromatic carbocycles. The van der Waals surface area contributed by atoms with E-state index in [9.17, 15) is 15.0 Å². The molecule has 0 amide bonds. The van der Waals surface area contributed by atoms with Crippen molar-refractivity contribution in [1.29, 1.82) is 0 Å². The van der Waals surface area contributed by atoms with Gasteiger partial charge in [-0.1, -0.05) is 0 Å². The summed E-state index contributed by atoms with van der Waals surface area (Å²) in [5, 5.41) is 20.5. The van der Waals surface area contributed by atoms with Crippen LogP contribution in [0.4, 0.5) is 5.82 Å². The van der Waals surface area contributed by atoms with Crippen molar-refractivity contribution in [3.63, 3.8) is 0 Å². The first kappa shape index (κ1) is 17.5. The number of carbonyl (C=O) groups excluding carboxylic acids is 1. The molecule has 0 radical (unpaired) electrons. The van der Waals surface area contributed by atoms with Crippen LogP contribution in [-0.4, -0.2) is 60.6 Å². The maximum absolute atomic E-state index is 11.9. The third-order valence-electron chi connectivity index (χ3n) is 3.99. The molecule has 0 saturated carbocycles. The van der Waals surface area contributed by atoms with E-state index in [1.807, 2.05) is 0 Å². The lowest BCUT2D eigenvalue weighted by Crippen LogP contribution is -2.35. The van der Waals surface area contributed by atoms with Crippen LogP contribution in [0, 0.1) is 5.41 Å². The van der Waals surface area contributed by atoms with Crippen LogP contribution in [0.5, 0.6) is 0 Å². The molecule has 4 atom stereocenters. The molecule has 1 aliphatic rings. The Morgan fingerprint density at radius 2 is 2.04 bits per heavy atom. The van der Waals surface area contributed by atoms with Crippen LogP contribution in [0.2, 0.25) is 0 Å². The summed E-state index contributed by atoms with van der Waals surface area (Å²) >= 11 is 0. The first-order chi connectivity index (χ1) is 11.7. The predicted octanol–water partition coefficient (Wildman–Crippen LogP) is -0.383. The highest BCUT2D eigenvalue weighted by atomic mass is 16.6. The maximum atomic E-state index is 11.9. The van der Waals surface area contributed by atoms with Crippen LogP contribution in [-0.2, 0) is 14.3 Å². The fourth-order valence-electron chi connectivity index (χ4n) is 2.53. The quantitative estimate of drug-likeness (QED) is 0.630. The number of carbonyl (C=O) groups is 1. The van der Waals surface area contributed by atoms with Gasteiger partial charge in [0.25, 0.3) is 0 Å². The molecule has 0 aliphatic carbocycles. The molecule has 2 aromatic rings. The smallest absolute Gasteiger partial charge is 0.311 e. The highest BCUT2D eigenvalue weighted by Gasteiger charge is 2.45. The van der Waals surface area contributed by atoms with Gasteiger partial charge in [0.2, 0.25) is 0 Å². The number of nitrogen functional groups attached to an aromatic ring is 1. The number of esters is 1. The number of aliphatic hydroxyl groups excluding tert-OH is 2. The fourth-order valence-corrected chi connectivity index (χ4v) is 2.53. The number of ether oxygens (including phenoxy) is 2. The van der Waals surface area contributed by atoms with Crippen LogP contribution >= 0.6 is 0 Å². The second-order valence-corrected chi connectivity index (χ2v) is 6.98. The van der Waals surface area contributed by atoms with Crippen molar-refractivity contribution in [3.05, 3.63) is 12.7 Å². The predicted molar refractivity (Wildman–Crippen MR) is 86.1 cm³/mol. The van der Waals surface area contributed by atoms with E-state index in [0.717, 1.165) is 0 Å². The van der Waals surface area contributed by atoms with E-state index in [1.165, 1.54) is 17.2 Å². The second-order valence-electron chi connectivity index (χ2n) is 6.98. The summed E-state index contributed by atoms with van der Waals surface area (Å²) in [4.78, 5) is 23.9. The molecule has 2 aromatic heterocycles. The van der Waals surface area contributed by atoms with Crippen LogP contribution in [0.1, 0.15) is 27.0 Å². The zero-order valence-corrected chi connectivity index (χ0v) is 14.2. The minimum absolute atomic E-state index is 0.172. The molecule has 1 saturated heterocycles. The number of fused-ring (bicyclic) bond motifs is 1. The van der Waals surface area contributed by atoms with Crippen LogP contribution in [0.3, 0.4) is 0 Å². The second kappa shape index (κ2) is 6.21. The molecular formula is C15H21N5O5. The largest absolute Gasteiger partial charge is 0.462 e. The molecule has 3 heterocycles. The average Bonchev–Trinajstić information content (AvgIpc) is 3.08. The molecule has 0 bridgehead atoms. The van der Waals surface area contributed by atoms with Crippen molar-refractivity contribution in [2.45, 2.75) is 45.3 Å². The van der Waals surface area contributed by atoms with Gasteiger partial charge in [0.15, 0.2) is 17.7 Å². The number of aromatic nitrogens is 4. The number of hydrogen-bond acceptors (Lipinski definition) is 9. The molecule has 3 rings (SSSR count). The summed E-state index contributed by atoms with van der Waals surface area (Å²) < 4.78 is 12.3. The van der Waals surface area contributed by atoms with Crippen LogP contribution in [0.15, 0.2) is 12.7 Å². The van der Waals surface area contributed by atoms with Crippen LogP contribution in [0.25, 0.3) is 11.2 Å². The Bertz CT molecular complexity index is 786. The van der Waals surface area contributed by atoms with Gasteiger partial charge < -0.3 is 25.4 Å². The zero-order valence-electron chi connectivity index (χ0n) is 14.2. The number of rotatable bonds is 3. The van der Waals surface area contributed by atoms with E-state index in [4.69, 9.17) is 15.2 Å². The van der Waals surface area contributed by atoms with Crippen molar-refractivity contribution in [2.75, 3.05) is 12.3 Å². The molecule has 4 N–H and O–H groups in total. The summed E-state index contributed by atoms with van der Waals surface area (Å²) in [5.74, 6) is -0.220. The minimum Gasteiger partial charge on any atom is -0.462 e. The number of anilines is 1. The van der Waals surface area contributed by atoms with E-state index in [2.05, 4.69) is 15.0 Å². The Hall–Kier alpha value is -2.30. The SMILES string of the molecule is CC(C)(C)C(=O)OC[C@H]1O[C@@H](n2cnc3c(N)ncnc32)[C@@H](O)[C@@H]1O. The van der Waals surface area contributed by atoms with Crippen LogP contribution < -0.4 is 5.73 Å². The van der Waals surface area contributed by atoms with Gasteiger partial charge in [-0.2, -0.15) is 0 Å². The molecule has 0 unspecified atom stereocenters. The summed E-state index contributed by atoms with van der Waals surface area (Å²) in [7, 11) is 0. The van der Waals surface area contributed by atoms with E-state index in [-0.39, 0.29) is 12.4 Å². The third kappa shape index (κ3) is 3.15. The van der Waals surface area contributed by atoms with Crippen molar-refractivity contribution < 1.29 is 24.5 Å². The van der Waals surface area contributed by atoms with Gasteiger partial charge in [-0.15, -0.1) is 0 Å². The third-order valence-corrected chi connectivity index (χ3v) is 3.99. The molecule has 136 valence electrons. The van der Waals surface area contributed by atoms with Crippen molar-refractivity contribution >= 4 is 23.0 Å². The van der Waals surface area contributed by atoms with E-state index in [1.54, 1.807) is 20.8 Å². The molecule has 0 spiro atoms. The molecule has 1 aliphatic heterocycles. The number of nitrogens with zero attached hydrogens (tertiary/aromatic N) is 4. The van der Waals surface area contributed by atoms with Gasteiger partial charge in [-0.05, 0) is 20.8 Å². The first-order valence-electron chi connectivity index (χ1n) is 7.82. The van der Waals surface area contributed by atoms with Gasteiger partial charge >= 0.3 is 5.97 Å². The van der Waals surface area contributed by atoms with Crippen molar-refractivity contribution in [2.24, 2.45) is 5.41 Å². The highest BCUT2D eigenvalue weighted by Crippen LogP contribution is 2.32. The lowest BCUT2D eigenvalue weighted by atomic mass is 9.97. The fraction of sp³-hybridized carbons (Fsp3) is 0.600. The Morgan fingerprint density at radius 1 is 1.32 bits per heavy atom. The standard InChI is InChI=1S/C15H21N5O5/c1-15(2,3)14(23)24-4-7-9(21)10(22)13(25-7)20-6-19-8-11(16)17-5-18-12(8)20/h5-7,9-10,13,21-22H,4H2,1-3H3,(H2,16,17,18)/t7-,9-,10+,13-/m1/s1. The van der Waals surface area contributed by atoms with Gasteiger partial charge in [0.05, 0.1) is 11.7 Å². The Morgan fingerprint density at radius 3 is 2.72 bits per heavy atom. The Balaban J connectivity index is 1.78. The topological polar surface area (TPSA) is 146 Å². The number of imidazole rings is 1. The molecule has 25 heavy (non-hydrogen) atoms. The molecular weight excluding hydrogens is 330 g/mol. The lowest BCUT2D eigenvalue weighted by molar-refractivity contribution is -0.159. The van der Waals surface area contributed by atoms with Gasteiger partial charge in [-0.25, -0.2) is 15.0 Å². The van der Waals surface area contributed by atoms with Crippen molar-refractivity contribution in [1.82, 2.24) is 19.5 Å². The van der Waals surface area contributed by atoms with Crippen molar-refractivity contribution in [3.8, 4) is 0 Å². The van der Waals surface area contributed by atoms with E-state index < -0.39 is 35.9 Å². The lowest BCUT2D eigenvalue weighted by Gasteiger charge is -2.20. The minimum atomic E-state index is -1.24. The highest BCUT2D eigenvalue weighted by molar-refractivity contribution is 5.81. The summed E-state index contributed by atoms with van der Waals surface area (Å²) in [6.45, 7) is 5.00. The van der Waals surface area contributed by atoms with Gasteiger partial charge in [-0.3, -0.25) is 9.36 Å². The number of nitrogens with two attached hydrogens (primary N) is 1. The number of hydrogen-bond donors (Lipinski definition) is 3. The summed E-state index contributed by atoms with van der Waals surface area (Å²) in [6, 6.07) is 0. The first-order valence-corrected chi connectivity index (χ1v) is 7.82. The molecule has 1 fully saturated rings. The summed E-state index contributed by atoms with van der Waals surface area (Å²) in [6.07, 6.45) is -1.60.